The second-order valence-electron chi connectivity index (χ2n) is 6.19. The van der Waals surface area contributed by atoms with Crippen LogP contribution in [0.2, 0.25) is 0 Å². The third-order valence-corrected chi connectivity index (χ3v) is 3.53. The summed E-state index contributed by atoms with van der Waals surface area (Å²) >= 11 is 0. The lowest BCUT2D eigenvalue weighted by atomic mass is 9.93. The van der Waals surface area contributed by atoms with E-state index in [2.05, 4.69) is 18.7 Å². The third-order valence-electron chi connectivity index (χ3n) is 3.53. The van der Waals surface area contributed by atoms with Gasteiger partial charge in [-0.15, -0.1) is 0 Å². The Morgan fingerprint density at radius 2 is 2.26 bits per heavy atom. The summed E-state index contributed by atoms with van der Waals surface area (Å²) in [6, 6.07) is 7.28. The van der Waals surface area contributed by atoms with Crippen LogP contribution in [-0.2, 0) is 0 Å². The standard InChI is InChI=1S/C15H24N2O2/c1-15(2)6-7-17(11-15)9-13(18)10-19-14-5-3-4-12(16)8-14/h3-5,8,13,18H,6-7,9-11,16H2,1-2H3. The van der Waals surface area contributed by atoms with Crippen molar-refractivity contribution < 1.29 is 9.84 Å². The fourth-order valence-corrected chi connectivity index (χ4v) is 2.53. The van der Waals surface area contributed by atoms with Gasteiger partial charge in [0.05, 0.1) is 0 Å². The molecular formula is C15H24N2O2. The quantitative estimate of drug-likeness (QED) is 0.795. The summed E-state index contributed by atoms with van der Waals surface area (Å²) in [4.78, 5) is 2.30. The summed E-state index contributed by atoms with van der Waals surface area (Å²) in [7, 11) is 0. The molecule has 106 valence electrons. The lowest BCUT2D eigenvalue weighted by molar-refractivity contribution is 0.0730. The van der Waals surface area contributed by atoms with Crippen LogP contribution >= 0.6 is 0 Å². The van der Waals surface area contributed by atoms with Crippen LogP contribution in [0.5, 0.6) is 5.75 Å². The molecule has 1 atom stereocenters. The van der Waals surface area contributed by atoms with Crippen molar-refractivity contribution >= 4 is 5.69 Å². The number of hydrogen-bond acceptors (Lipinski definition) is 4. The van der Waals surface area contributed by atoms with Gasteiger partial charge in [-0.3, -0.25) is 0 Å². The van der Waals surface area contributed by atoms with Crippen LogP contribution in [0.25, 0.3) is 0 Å². The number of nitrogen functional groups attached to an aromatic ring is 1. The Kier molecular flexibility index (Phi) is 4.32. The monoisotopic (exact) mass is 264 g/mol. The van der Waals surface area contributed by atoms with Gasteiger partial charge >= 0.3 is 0 Å². The molecule has 4 nitrogen and oxygen atoms in total. The first-order valence-corrected chi connectivity index (χ1v) is 6.83. The average molecular weight is 264 g/mol. The van der Waals surface area contributed by atoms with E-state index in [9.17, 15) is 5.11 Å². The summed E-state index contributed by atoms with van der Waals surface area (Å²) in [5, 5.41) is 10.0. The van der Waals surface area contributed by atoms with Crippen molar-refractivity contribution in [3.8, 4) is 5.75 Å². The highest BCUT2D eigenvalue weighted by molar-refractivity contribution is 5.43. The number of likely N-dealkylation sites (tertiary alicyclic amines) is 1. The minimum atomic E-state index is -0.463. The number of β-amino-alcohol motifs (C(OH)–C–C–N with tert-alkyl or cyclic N) is 1. The minimum absolute atomic E-state index is 0.306. The molecule has 1 aromatic rings. The fraction of sp³-hybridized carbons (Fsp3) is 0.600. The first kappa shape index (κ1) is 14.2. The highest BCUT2D eigenvalue weighted by atomic mass is 16.5. The van der Waals surface area contributed by atoms with E-state index in [-0.39, 0.29) is 0 Å². The van der Waals surface area contributed by atoms with Gasteiger partial charge in [-0.25, -0.2) is 0 Å². The summed E-state index contributed by atoms with van der Waals surface area (Å²) in [6.07, 6.45) is 0.728. The van der Waals surface area contributed by atoms with Crippen molar-refractivity contribution in [1.82, 2.24) is 4.90 Å². The summed E-state index contributed by atoms with van der Waals surface area (Å²) in [5.41, 5.74) is 6.72. The van der Waals surface area contributed by atoms with Crippen molar-refractivity contribution in [2.24, 2.45) is 5.41 Å². The second-order valence-corrected chi connectivity index (χ2v) is 6.19. The topological polar surface area (TPSA) is 58.7 Å². The zero-order valence-corrected chi connectivity index (χ0v) is 11.8. The Balaban J connectivity index is 1.74. The van der Waals surface area contributed by atoms with Crippen molar-refractivity contribution in [1.29, 1.82) is 0 Å². The molecule has 1 fully saturated rings. The van der Waals surface area contributed by atoms with Gasteiger partial charge in [0.2, 0.25) is 0 Å². The lowest BCUT2D eigenvalue weighted by Gasteiger charge is -2.22. The van der Waals surface area contributed by atoms with Crippen LogP contribution in [0.1, 0.15) is 20.3 Å². The predicted molar refractivity (Wildman–Crippen MR) is 77.2 cm³/mol. The Bertz CT molecular complexity index is 420. The van der Waals surface area contributed by atoms with Gasteiger partial charge in [0, 0.05) is 24.8 Å². The molecule has 19 heavy (non-hydrogen) atoms. The Morgan fingerprint density at radius 3 is 2.89 bits per heavy atom. The minimum Gasteiger partial charge on any atom is -0.491 e. The maximum absolute atomic E-state index is 10.0. The summed E-state index contributed by atoms with van der Waals surface area (Å²) in [6.45, 7) is 7.61. The number of aliphatic hydroxyl groups excluding tert-OH is 1. The van der Waals surface area contributed by atoms with Crippen LogP contribution < -0.4 is 10.5 Å². The molecule has 1 unspecified atom stereocenters. The van der Waals surface area contributed by atoms with E-state index in [4.69, 9.17) is 10.5 Å². The van der Waals surface area contributed by atoms with Crippen LogP contribution in [0, 0.1) is 5.41 Å². The van der Waals surface area contributed by atoms with E-state index >= 15 is 0 Å². The largest absolute Gasteiger partial charge is 0.491 e. The Hall–Kier alpha value is -1.26. The Morgan fingerprint density at radius 1 is 1.47 bits per heavy atom. The number of nitrogens with two attached hydrogens (primary N) is 1. The van der Waals surface area contributed by atoms with Crippen molar-refractivity contribution in [2.45, 2.75) is 26.4 Å². The zero-order valence-electron chi connectivity index (χ0n) is 11.8. The molecule has 3 N–H and O–H groups in total. The van der Waals surface area contributed by atoms with Gasteiger partial charge in [-0.05, 0) is 30.5 Å². The normalized spacial score (nSPS) is 20.4. The first-order chi connectivity index (χ1) is 8.94. The van der Waals surface area contributed by atoms with Gasteiger partial charge < -0.3 is 20.5 Å². The molecule has 1 aromatic carbocycles. The first-order valence-electron chi connectivity index (χ1n) is 6.83. The lowest BCUT2D eigenvalue weighted by Crippen LogP contribution is -2.35. The molecule has 1 aliphatic rings. The van der Waals surface area contributed by atoms with Gasteiger partial charge in [0.15, 0.2) is 0 Å². The maximum atomic E-state index is 10.0. The molecule has 1 saturated heterocycles. The Labute approximate surface area is 115 Å². The molecule has 0 amide bonds. The molecule has 2 rings (SSSR count). The van der Waals surface area contributed by atoms with Crippen molar-refractivity contribution in [2.75, 3.05) is 32.0 Å². The van der Waals surface area contributed by atoms with Gasteiger partial charge in [-0.1, -0.05) is 19.9 Å². The second kappa shape index (κ2) is 5.80. The van der Waals surface area contributed by atoms with E-state index in [1.54, 1.807) is 6.07 Å². The number of hydrogen-bond donors (Lipinski definition) is 2. The van der Waals surface area contributed by atoms with E-state index in [1.807, 2.05) is 18.2 Å². The summed E-state index contributed by atoms with van der Waals surface area (Å²) in [5.74, 6) is 0.709. The molecule has 1 heterocycles. The third kappa shape index (κ3) is 4.40. The number of benzene rings is 1. The number of aliphatic hydroxyl groups is 1. The molecule has 0 bridgehead atoms. The van der Waals surface area contributed by atoms with E-state index < -0.39 is 6.10 Å². The molecule has 0 radical (unpaired) electrons. The maximum Gasteiger partial charge on any atom is 0.121 e. The number of ether oxygens (including phenoxy) is 1. The van der Waals surface area contributed by atoms with Crippen LogP contribution in [0.15, 0.2) is 24.3 Å². The number of anilines is 1. The highest BCUT2D eigenvalue weighted by Crippen LogP contribution is 2.28. The fourth-order valence-electron chi connectivity index (χ4n) is 2.53. The molecule has 0 aromatic heterocycles. The van der Waals surface area contributed by atoms with Crippen molar-refractivity contribution in [3.05, 3.63) is 24.3 Å². The summed E-state index contributed by atoms with van der Waals surface area (Å²) < 4.78 is 5.55. The van der Waals surface area contributed by atoms with Gasteiger partial charge in [0.25, 0.3) is 0 Å². The highest BCUT2D eigenvalue weighted by Gasteiger charge is 2.29. The number of rotatable bonds is 5. The molecule has 0 saturated carbocycles. The van der Waals surface area contributed by atoms with E-state index in [0.29, 0.717) is 30.0 Å². The smallest absolute Gasteiger partial charge is 0.121 e. The van der Waals surface area contributed by atoms with Crippen molar-refractivity contribution in [3.63, 3.8) is 0 Å². The van der Waals surface area contributed by atoms with Crippen LogP contribution in [0.4, 0.5) is 5.69 Å². The number of nitrogens with zero attached hydrogens (tertiary/aromatic N) is 1. The van der Waals surface area contributed by atoms with E-state index in [1.165, 1.54) is 6.42 Å². The predicted octanol–water partition coefficient (Wildman–Crippen LogP) is 1.74. The SMILES string of the molecule is CC1(C)CCN(CC(O)COc2cccc(N)c2)C1. The molecule has 4 heteroatoms. The average Bonchev–Trinajstić information content (AvgIpc) is 2.66. The molecule has 0 spiro atoms. The van der Waals surface area contributed by atoms with Gasteiger partial charge in [-0.2, -0.15) is 0 Å². The van der Waals surface area contributed by atoms with Crippen LogP contribution in [0.3, 0.4) is 0 Å². The van der Waals surface area contributed by atoms with Crippen LogP contribution in [-0.4, -0.2) is 42.4 Å². The molecule has 0 aliphatic carbocycles. The van der Waals surface area contributed by atoms with Gasteiger partial charge in [0.1, 0.15) is 18.5 Å². The molecular weight excluding hydrogens is 240 g/mol. The molecule has 1 aliphatic heterocycles. The van der Waals surface area contributed by atoms with E-state index in [0.717, 1.165) is 13.1 Å². The zero-order chi connectivity index (χ0) is 13.9.